The summed E-state index contributed by atoms with van der Waals surface area (Å²) < 4.78 is 55.0. The topological polar surface area (TPSA) is 70.5 Å². The van der Waals surface area contributed by atoms with Crippen molar-refractivity contribution in [1.82, 2.24) is 4.98 Å². The van der Waals surface area contributed by atoms with E-state index >= 15 is 0 Å². The number of hydrogen-bond acceptors (Lipinski definition) is 5. The molecule has 1 fully saturated rings. The summed E-state index contributed by atoms with van der Waals surface area (Å²) in [5.74, 6) is 1.23. The zero-order valence-corrected chi connectivity index (χ0v) is 17.2. The molecule has 0 unspecified atom stereocenters. The zero-order chi connectivity index (χ0) is 21.9. The van der Waals surface area contributed by atoms with Crippen LogP contribution in [0.4, 0.5) is 13.2 Å². The fourth-order valence-electron chi connectivity index (χ4n) is 3.26. The lowest BCUT2D eigenvalue weighted by molar-refractivity contribution is -0.142. The van der Waals surface area contributed by atoms with E-state index in [-0.39, 0.29) is 17.7 Å². The van der Waals surface area contributed by atoms with Crippen molar-refractivity contribution in [2.45, 2.75) is 45.0 Å². The third kappa shape index (κ3) is 4.76. The van der Waals surface area contributed by atoms with Crippen LogP contribution in [0, 0.1) is 6.92 Å². The smallest absolute Gasteiger partial charge is 0.433 e. The van der Waals surface area contributed by atoms with Gasteiger partial charge >= 0.3 is 6.18 Å². The van der Waals surface area contributed by atoms with Gasteiger partial charge in [-0.15, -0.1) is 0 Å². The van der Waals surface area contributed by atoms with Gasteiger partial charge in [0.2, 0.25) is 0 Å². The van der Waals surface area contributed by atoms with Crippen LogP contribution in [0.1, 0.15) is 42.3 Å². The average molecular weight is 422 g/mol. The molecule has 3 aromatic rings. The van der Waals surface area contributed by atoms with E-state index in [0.29, 0.717) is 11.3 Å². The summed E-state index contributed by atoms with van der Waals surface area (Å²) in [6, 6.07) is 8.02. The third-order valence-corrected chi connectivity index (χ3v) is 4.96. The minimum absolute atomic E-state index is 0.0128. The number of nitrogens with two attached hydrogens (primary N) is 1. The Morgan fingerprint density at radius 3 is 2.53 bits per heavy atom. The molecule has 0 radical (unpaired) electrons. The molecule has 2 aromatic heterocycles. The van der Waals surface area contributed by atoms with E-state index in [2.05, 4.69) is 9.72 Å². The van der Waals surface area contributed by atoms with Crippen LogP contribution in [0.15, 0.2) is 40.9 Å². The van der Waals surface area contributed by atoms with Crippen molar-refractivity contribution in [3.63, 3.8) is 0 Å². The molecule has 1 saturated carbocycles. The Morgan fingerprint density at radius 1 is 1.23 bits per heavy atom. The Balaban J connectivity index is 0.000000589. The van der Waals surface area contributed by atoms with E-state index in [1.807, 2.05) is 13.8 Å². The lowest BCUT2D eigenvalue weighted by Crippen LogP contribution is -2.19. The number of rotatable bonds is 5. The molecule has 5 nitrogen and oxygen atoms in total. The first-order chi connectivity index (χ1) is 14.2. The number of aromatic nitrogens is 1. The molecule has 1 aromatic carbocycles. The summed E-state index contributed by atoms with van der Waals surface area (Å²) in [6.45, 7) is 4.42. The Bertz CT molecular complexity index is 1010. The second-order valence-corrected chi connectivity index (χ2v) is 7.22. The molecule has 162 valence electrons. The SMILES string of the molecule is CCOC.Cc1oc2ccc(OCc3cccnc3C(F)(F)F)cc2c1C1(N)CC1. The van der Waals surface area contributed by atoms with E-state index in [1.165, 1.54) is 12.1 Å². The van der Waals surface area contributed by atoms with Gasteiger partial charge in [0.1, 0.15) is 23.7 Å². The lowest BCUT2D eigenvalue weighted by Gasteiger charge is -2.13. The molecule has 0 spiro atoms. The number of benzene rings is 1. The number of ether oxygens (including phenoxy) is 2. The highest BCUT2D eigenvalue weighted by Crippen LogP contribution is 2.48. The van der Waals surface area contributed by atoms with Crippen molar-refractivity contribution in [1.29, 1.82) is 0 Å². The van der Waals surface area contributed by atoms with Gasteiger partial charge in [-0.1, -0.05) is 6.07 Å². The van der Waals surface area contributed by atoms with Crippen molar-refractivity contribution < 1.29 is 27.1 Å². The van der Waals surface area contributed by atoms with Crippen molar-refractivity contribution in [2.75, 3.05) is 13.7 Å². The highest BCUT2D eigenvalue weighted by atomic mass is 19.4. The van der Waals surface area contributed by atoms with Crippen LogP contribution in [0.2, 0.25) is 0 Å². The summed E-state index contributed by atoms with van der Waals surface area (Å²) in [4.78, 5) is 3.43. The van der Waals surface area contributed by atoms with Crippen molar-refractivity contribution in [2.24, 2.45) is 5.73 Å². The molecule has 1 aliphatic carbocycles. The third-order valence-electron chi connectivity index (χ3n) is 4.96. The van der Waals surface area contributed by atoms with Gasteiger partial charge in [-0.2, -0.15) is 13.2 Å². The number of nitrogens with zero attached hydrogens (tertiary/aromatic N) is 1. The van der Waals surface area contributed by atoms with Crippen LogP contribution < -0.4 is 10.5 Å². The average Bonchev–Trinajstić information content (AvgIpc) is 3.35. The predicted octanol–water partition coefficient (Wildman–Crippen LogP) is 5.33. The standard InChI is InChI=1S/C19H17F3N2O2.C3H8O/c1-11-16(18(23)6-7-18)14-9-13(4-5-15(14)26-11)25-10-12-3-2-8-24-17(12)19(20,21)22;1-3-4-2/h2-5,8-9H,6-7,10,23H2,1H3;3H2,1-2H3. The van der Waals surface area contributed by atoms with Crippen LogP contribution in [0.25, 0.3) is 11.0 Å². The van der Waals surface area contributed by atoms with Crippen molar-refractivity contribution >= 4 is 11.0 Å². The van der Waals surface area contributed by atoms with Crippen LogP contribution in [0.3, 0.4) is 0 Å². The van der Waals surface area contributed by atoms with E-state index in [1.54, 1.807) is 25.3 Å². The summed E-state index contributed by atoms with van der Waals surface area (Å²) in [7, 11) is 1.68. The van der Waals surface area contributed by atoms with Gasteiger partial charge in [-0.3, -0.25) is 4.98 Å². The largest absolute Gasteiger partial charge is 0.489 e. The van der Waals surface area contributed by atoms with E-state index in [9.17, 15) is 13.2 Å². The van der Waals surface area contributed by atoms with Crippen LogP contribution >= 0.6 is 0 Å². The summed E-state index contributed by atoms with van der Waals surface area (Å²) in [6.07, 6.45) is -1.62. The number of hydrogen-bond donors (Lipinski definition) is 1. The normalized spacial score (nSPS) is 14.9. The maximum atomic E-state index is 13.0. The maximum absolute atomic E-state index is 13.0. The van der Waals surface area contributed by atoms with Crippen LogP contribution in [-0.2, 0) is 23.1 Å². The Hall–Kier alpha value is -2.58. The Morgan fingerprint density at radius 2 is 1.93 bits per heavy atom. The molecule has 1 aliphatic rings. The minimum atomic E-state index is -4.52. The van der Waals surface area contributed by atoms with E-state index in [4.69, 9.17) is 14.9 Å². The first-order valence-electron chi connectivity index (χ1n) is 9.65. The molecule has 0 aliphatic heterocycles. The van der Waals surface area contributed by atoms with Crippen molar-refractivity contribution in [3.05, 3.63) is 59.1 Å². The van der Waals surface area contributed by atoms with Gasteiger partial charge in [-0.25, -0.2) is 0 Å². The van der Waals surface area contributed by atoms with Crippen LogP contribution in [-0.4, -0.2) is 18.7 Å². The molecule has 4 rings (SSSR count). The quantitative estimate of drug-likeness (QED) is 0.601. The molecular formula is C22H25F3N2O3. The number of halogens is 3. The predicted molar refractivity (Wildman–Crippen MR) is 107 cm³/mol. The number of pyridine rings is 1. The molecule has 2 N–H and O–H groups in total. The molecule has 0 amide bonds. The summed E-state index contributed by atoms with van der Waals surface area (Å²) in [5, 5.41) is 0.849. The molecule has 0 saturated heterocycles. The van der Waals surface area contributed by atoms with Crippen LogP contribution in [0.5, 0.6) is 5.75 Å². The monoisotopic (exact) mass is 422 g/mol. The first kappa shape index (κ1) is 22.1. The van der Waals surface area contributed by atoms with Crippen molar-refractivity contribution in [3.8, 4) is 5.75 Å². The van der Waals surface area contributed by atoms with E-state index < -0.39 is 11.9 Å². The fourth-order valence-corrected chi connectivity index (χ4v) is 3.26. The van der Waals surface area contributed by atoms with Gasteiger partial charge in [0.05, 0.1) is 0 Å². The van der Waals surface area contributed by atoms with Gasteiger partial charge in [0, 0.05) is 42.0 Å². The molecule has 8 heteroatoms. The molecular weight excluding hydrogens is 397 g/mol. The van der Waals surface area contributed by atoms with Gasteiger partial charge < -0.3 is 19.6 Å². The minimum Gasteiger partial charge on any atom is -0.489 e. The number of methoxy groups -OCH3 is 1. The maximum Gasteiger partial charge on any atom is 0.433 e. The second kappa shape index (κ2) is 8.65. The Labute approximate surface area is 173 Å². The lowest BCUT2D eigenvalue weighted by atomic mass is 10.0. The number of furan rings is 1. The molecule has 0 atom stereocenters. The highest BCUT2D eigenvalue weighted by molar-refractivity contribution is 5.85. The summed E-state index contributed by atoms with van der Waals surface area (Å²) in [5.41, 5.74) is 6.66. The highest BCUT2D eigenvalue weighted by Gasteiger charge is 2.44. The number of aryl methyl sites for hydroxylation is 1. The van der Waals surface area contributed by atoms with Gasteiger partial charge in [0.25, 0.3) is 0 Å². The van der Waals surface area contributed by atoms with E-state index in [0.717, 1.165) is 42.4 Å². The summed E-state index contributed by atoms with van der Waals surface area (Å²) >= 11 is 0. The molecule has 30 heavy (non-hydrogen) atoms. The number of fused-ring (bicyclic) bond motifs is 1. The number of alkyl halides is 3. The molecule has 2 heterocycles. The zero-order valence-electron chi connectivity index (χ0n) is 17.2. The molecule has 0 bridgehead atoms. The van der Waals surface area contributed by atoms with Gasteiger partial charge in [0.15, 0.2) is 5.69 Å². The Kier molecular flexibility index (Phi) is 6.38. The second-order valence-electron chi connectivity index (χ2n) is 7.22. The first-order valence-corrected chi connectivity index (χ1v) is 9.65. The van der Waals surface area contributed by atoms with Gasteiger partial charge in [-0.05, 0) is 51.0 Å². The fraction of sp³-hybridized carbons (Fsp3) is 0.409.